The number of para-hydroxylation sites is 1. The van der Waals surface area contributed by atoms with Crippen molar-refractivity contribution in [3.05, 3.63) is 59.1 Å². The van der Waals surface area contributed by atoms with Crippen LogP contribution in [-0.2, 0) is 0 Å². The van der Waals surface area contributed by atoms with Crippen LogP contribution in [0.3, 0.4) is 0 Å². The number of carbonyl (C=O) groups is 1. The summed E-state index contributed by atoms with van der Waals surface area (Å²) < 4.78 is 26.6. The maximum Gasteiger partial charge on any atom is 0.317 e. The van der Waals surface area contributed by atoms with Gasteiger partial charge in [-0.2, -0.15) is 0 Å². The van der Waals surface area contributed by atoms with Gasteiger partial charge < -0.3 is 20.0 Å². The normalized spacial score (nSPS) is 19.3. The molecule has 2 amide bonds. The van der Waals surface area contributed by atoms with E-state index in [1.807, 2.05) is 34.1 Å². The van der Waals surface area contributed by atoms with Crippen molar-refractivity contribution in [2.75, 3.05) is 55.6 Å². The van der Waals surface area contributed by atoms with Crippen LogP contribution in [0.15, 0.2) is 42.5 Å². The fraction of sp³-hybridized carbons (Fsp3) is 0.409. The molecule has 160 valence electrons. The molecule has 5 nitrogen and oxygen atoms in total. The average Bonchev–Trinajstić information content (AvgIpc) is 3.23. The Balaban J connectivity index is 1.23. The molecule has 4 rings (SSSR count). The average molecular weight is 435 g/mol. The summed E-state index contributed by atoms with van der Waals surface area (Å²) in [5, 5.41) is 3.76. The lowest BCUT2D eigenvalue weighted by molar-refractivity contribution is 0.193. The Bertz CT molecular complexity index is 904. The Kier molecular flexibility index (Phi) is 6.27. The first-order valence-electron chi connectivity index (χ1n) is 10.2. The zero-order valence-electron chi connectivity index (χ0n) is 16.7. The minimum absolute atomic E-state index is 0.0555. The summed E-state index contributed by atoms with van der Waals surface area (Å²) in [5.41, 5.74) is 1.68. The molecular formula is C22H25ClF2N4O. The van der Waals surface area contributed by atoms with Gasteiger partial charge in [-0.25, -0.2) is 13.6 Å². The number of hydrogen-bond donors (Lipinski definition) is 1. The maximum absolute atomic E-state index is 13.5. The summed E-state index contributed by atoms with van der Waals surface area (Å²) in [6.45, 7) is 4.82. The van der Waals surface area contributed by atoms with Crippen molar-refractivity contribution in [1.82, 2.24) is 10.2 Å². The first-order chi connectivity index (χ1) is 14.5. The number of urea groups is 1. The molecule has 0 radical (unpaired) electrons. The largest absolute Gasteiger partial charge is 0.371 e. The summed E-state index contributed by atoms with van der Waals surface area (Å²) in [6.07, 6.45) is 0.902. The van der Waals surface area contributed by atoms with Crippen molar-refractivity contribution in [1.29, 1.82) is 0 Å². The van der Waals surface area contributed by atoms with Crippen molar-refractivity contribution in [2.24, 2.45) is 5.92 Å². The molecule has 2 aliphatic rings. The summed E-state index contributed by atoms with van der Waals surface area (Å²) in [4.78, 5) is 18.6. The second-order valence-electron chi connectivity index (χ2n) is 7.81. The fourth-order valence-corrected chi connectivity index (χ4v) is 4.37. The Hall–Kier alpha value is -2.54. The van der Waals surface area contributed by atoms with Crippen LogP contribution in [-0.4, -0.2) is 56.7 Å². The third-order valence-corrected chi connectivity index (χ3v) is 6.18. The summed E-state index contributed by atoms with van der Waals surface area (Å²) >= 11 is 6.27. The fourth-order valence-electron chi connectivity index (χ4n) is 4.12. The number of nitrogens with one attached hydrogen (secondary N) is 1. The molecule has 0 aliphatic carbocycles. The van der Waals surface area contributed by atoms with E-state index in [0.717, 1.165) is 42.8 Å². The minimum atomic E-state index is -0.837. The van der Waals surface area contributed by atoms with Gasteiger partial charge in [0.15, 0.2) is 11.6 Å². The quantitative estimate of drug-likeness (QED) is 0.791. The van der Waals surface area contributed by atoms with E-state index in [-0.39, 0.29) is 11.9 Å². The molecule has 0 saturated carbocycles. The van der Waals surface area contributed by atoms with E-state index in [0.29, 0.717) is 31.9 Å². The van der Waals surface area contributed by atoms with Gasteiger partial charge in [0, 0.05) is 57.6 Å². The van der Waals surface area contributed by atoms with Gasteiger partial charge in [0.2, 0.25) is 0 Å². The van der Waals surface area contributed by atoms with E-state index in [1.54, 1.807) is 6.07 Å². The second kappa shape index (κ2) is 9.08. The van der Waals surface area contributed by atoms with Gasteiger partial charge in [-0.3, -0.25) is 0 Å². The predicted molar refractivity (Wildman–Crippen MR) is 115 cm³/mol. The lowest BCUT2D eigenvalue weighted by atomic mass is 10.1. The third-order valence-electron chi connectivity index (χ3n) is 5.86. The molecule has 2 aliphatic heterocycles. The number of anilines is 2. The van der Waals surface area contributed by atoms with Crippen LogP contribution < -0.4 is 15.1 Å². The highest BCUT2D eigenvalue weighted by Gasteiger charge is 2.26. The van der Waals surface area contributed by atoms with E-state index >= 15 is 0 Å². The van der Waals surface area contributed by atoms with Crippen molar-refractivity contribution in [3.8, 4) is 0 Å². The van der Waals surface area contributed by atoms with Gasteiger partial charge in [-0.1, -0.05) is 23.7 Å². The summed E-state index contributed by atoms with van der Waals surface area (Å²) in [7, 11) is 0. The molecule has 0 spiro atoms. The highest BCUT2D eigenvalue weighted by Crippen LogP contribution is 2.27. The molecule has 0 bridgehead atoms. The topological polar surface area (TPSA) is 38.8 Å². The third kappa shape index (κ3) is 4.61. The van der Waals surface area contributed by atoms with E-state index in [1.165, 1.54) is 6.07 Å². The number of hydrogen-bond acceptors (Lipinski definition) is 3. The van der Waals surface area contributed by atoms with Crippen LogP contribution >= 0.6 is 11.6 Å². The molecule has 2 heterocycles. The monoisotopic (exact) mass is 434 g/mol. The molecule has 2 aromatic rings. The predicted octanol–water partition coefficient (Wildman–Crippen LogP) is 3.98. The number of carbonyl (C=O) groups excluding carboxylic acids is 1. The van der Waals surface area contributed by atoms with Crippen LogP contribution in [0, 0.1) is 17.6 Å². The van der Waals surface area contributed by atoms with Crippen molar-refractivity contribution < 1.29 is 13.6 Å². The first-order valence-corrected chi connectivity index (χ1v) is 10.6. The lowest BCUT2D eigenvalue weighted by Gasteiger charge is -2.36. The summed E-state index contributed by atoms with van der Waals surface area (Å²) in [5.74, 6) is -1.39. The number of nitrogens with zero attached hydrogens (tertiary/aromatic N) is 3. The van der Waals surface area contributed by atoms with Crippen LogP contribution in [0.2, 0.25) is 5.02 Å². The van der Waals surface area contributed by atoms with E-state index in [4.69, 9.17) is 11.6 Å². The molecule has 1 N–H and O–H groups in total. The Morgan fingerprint density at radius 3 is 2.50 bits per heavy atom. The molecule has 2 saturated heterocycles. The molecule has 1 unspecified atom stereocenters. The van der Waals surface area contributed by atoms with Gasteiger partial charge >= 0.3 is 6.03 Å². The van der Waals surface area contributed by atoms with Crippen molar-refractivity contribution in [2.45, 2.75) is 6.42 Å². The maximum atomic E-state index is 13.5. The highest BCUT2D eigenvalue weighted by molar-refractivity contribution is 6.33. The molecule has 30 heavy (non-hydrogen) atoms. The Morgan fingerprint density at radius 1 is 1.00 bits per heavy atom. The SMILES string of the molecule is O=C(NCC1CCN(c2ccc(F)c(F)c2)C1)N1CCN(c2ccccc2Cl)CC1. The van der Waals surface area contributed by atoms with Gasteiger partial charge in [-0.05, 0) is 36.6 Å². The number of piperazine rings is 1. The van der Waals surface area contributed by atoms with E-state index in [9.17, 15) is 13.6 Å². The van der Waals surface area contributed by atoms with Crippen LogP contribution in [0.25, 0.3) is 0 Å². The number of amides is 2. The van der Waals surface area contributed by atoms with E-state index < -0.39 is 11.6 Å². The Labute approximate surface area is 180 Å². The Morgan fingerprint density at radius 2 is 1.77 bits per heavy atom. The molecular weight excluding hydrogens is 410 g/mol. The smallest absolute Gasteiger partial charge is 0.317 e. The number of rotatable bonds is 4. The van der Waals surface area contributed by atoms with Crippen LogP contribution in [0.1, 0.15) is 6.42 Å². The van der Waals surface area contributed by atoms with Gasteiger partial charge in [0.05, 0.1) is 10.7 Å². The molecule has 2 fully saturated rings. The molecule has 0 aromatic heterocycles. The van der Waals surface area contributed by atoms with Crippen molar-refractivity contribution >= 4 is 29.0 Å². The number of benzene rings is 2. The van der Waals surface area contributed by atoms with E-state index in [2.05, 4.69) is 10.2 Å². The zero-order chi connectivity index (χ0) is 21.1. The minimum Gasteiger partial charge on any atom is -0.371 e. The first kappa shape index (κ1) is 20.7. The molecule has 2 aromatic carbocycles. The lowest BCUT2D eigenvalue weighted by Crippen LogP contribution is -2.52. The standard InChI is InChI=1S/C22H25ClF2N4O/c23-18-3-1-2-4-21(18)27-9-11-28(12-10-27)22(30)26-14-16-7-8-29(15-16)17-5-6-19(24)20(25)13-17/h1-6,13,16H,7-12,14-15H2,(H,26,30). The molecule has 8 heteroatoms. The summed E-state index contributed by atoms with van der Waals surface area (Å²) in [6, 6.07) is 11.7. The van der Waals surface area contributed by atoms with Crippen LogP contribution in [0.4, 0.5) is 25.0 Å². The van der Waals surface area contributed by atoms with Crippen LogP contribution in [0.5, 0.6) is 0 Å². The van der Waals surface area contributed by atoms with Gasteiger partial charge in [0.1, 0.15) is 0 Å². The van der Waals surface area contributed by atoms with Crippen molar-refractivity contribution in [3.63, 3.8) is 0 Å². The van der Waals surface area contributed by atoms with Gasteiger partial charge in [-0.15, -0.1) is 0 Å². The molecule has 1 atom stereocenters. The number of halogens is 3. The highest BCUT2D eigenvalue weighted by atomic mass is 35.5. The zero-order valence-corrected chi connectivity index (χ0v) is 17.4. The van der Waals surface area contributed by atoms with Gasteiger partial charge in [0.25, 0.3) is 0 Å². The second-order valence-corrected chi connectivity index (χ2v) is 8.22.